The minimum atomic E-state index is -0.150. The van der Waals surface area contributed by atoms with E-state index in [1.54, 1.807) is 30.3 Å². The van der Waals surface area contributed by atoms with Gasteiger partial charge < -0.3 is 9.73 Å². The molecule has 0 aliphatic carbocycles. The smallest absolute Gasteiger partial charge is 0.234 e. The number of aryl methyl sites for hydroxylation is 1. The number of allylic oxidation sites excluding steroid dienone is 1. The lowest BCUT2D eigenvalue weighted by Gasteiger charge is -2.09. The molecule has 0 spiro atoms. The zero-order chi connectivity index (χ0) is 22.0. The van der Waals surface area contributed by atoms with Gasteiger partial charge in [-0.15, -0.1) is 16.8 Å². The first-order valence-electron chi connectivity index (χ1n) is 9.37. The van der Waals surface area contributed by atoms with Crippen molar-refractivity contribution in [3.05, 3.63) is 70.7 Å². The molecule has 0 saturated heterocycles. The van der Waals surface area contributed by atoms with Gasteiger partial charge in [-0.2, -0.15) is 0 Å². The third kappa shape index (κ3) is 4.79. The SMILES string of the molecule is C=CCn1c(SCC(=O)Nc2ccc(Cl)cc2C)nnc1-c1cc2cc(Cl)ccc2o1. The molecule has 0 aliphatic rings. The first-order valence-corrected chi connectivity index (χ1v) is 11.1. The maximum atomic E-state index is 12.4. The van der Waals surface area contributed by atoms with Crippen molar-refractivity contribution in [2.24, 2.45) is 0 Å². The molecule has 2 aromatic carbocycles. The number of nitrogens with one attached hydrogen (secondary N) is 1. The third-order valence-electron chi connectivity index (χ3n) is 4.52. The van der Waals surface area contributed by atoms with Gasteiger partial charge in [-0.25, -0.2) is 0 Å². The summed E-state index contributed by atoms with van der Waals surface area (Å²) in [7, 11) is 0. The molecule has 1 N–H and O–H groups in total. The predicted octanol–water partition coefficient (Wildman–Crippen LogP) is 6.22. The van der Waals surface area contributed by atoms with Crippen molar-refractivity contribution in [3.8, 4) is 11.6 Å². The molecule has 4 rings (SSSR count). The van der Waals surface area contributed by atoms with Crippen LogP contribution in [0.1, 0.15) is 5.56 Å². The molecular formula is C22H18Cl2N4O2S. The molecule has 0 atom stereocenters. The molecule has 4 aromatic rings. The van der Waals surface area contributed by atoms with Crippen LogP contribution in [-0.4, -0.2) is 26.4 Å². The molecular weight excluding hydrogens is 455 g/mol. The number of thioether (sulfide) groups is 1. The third-order valence-corrected chi connectivity index (χ3v) is 5.96. The number of nitrogens with zero attached hydrogens (tertiary/aromatic N) is 3. The van der Waals surface area contributed by atoms with E-state index in [1.165, 1.54) is 11.8 Å². The normalized spacial score (nSPS) is 11.1. The van der Waals surface area contributed by atoms with Crippen LogP contribution < -0.4 is 5.32 Å². The molecule has 0 bridgehead atoms. The number of anilines is 1. The van der Waals surface area contributed by atoms with Gasteiger partial charge >= 0.3 is 0 Å². The van der Waals surface area contributed by atoms with Crippen molar-refractivity contribution < 1.29 is 9.21 Å². The summed E-state index contributed by atoms with van der Waals surface area (Å²) in [5.41, 5.74) is 2.33. The van der Waals surface area contributed by atoms with Crippen molar-refractivity contribution in [2.45, 2.75) is 18.6 Å². The van der Waals surface area contributed by atoms with Gasteiger partial charge in [-0.1, -0.05) is 41.0 Å². The number of aromatic nitrogens is 3. The summed E-state index contributed by atoms with van der Waals surface area (Å²) in [6.07, 6.45) is 1.74. The Morgan fingerprint density at radius 1 is 1.19 bits per heavy atom. The number of furan rings is 1. The number of amides is 1. The minimum absolute atomic E-state index is 0.150. The Hall–Kier alpha value is -2.74. The highest BCUT2D eigenvalue weighted by Gasteiger charge is 2.18. The number of carbonyl (C=O) groups excluding carboxylic acids is 1. The van der Waals surface area contributed by atoms with Crippen molar-refractivity contribution in [3.63, 3.8) is 0 Å². The Balaban J connectivity index is 1.52. The van der Waals surface area contributed by atoms with Gasteiger partial charge in [-0.3, -0.25) is 9.36 Å². The highest BCUT2D eigenvalue weighted by Crippen LogP contribution is 2.31. The Labute approximate surface area is 193 Å². The maximum absolute atomic E-state index is 12.4. The molecule has 31 heavy (non-hydrogen) atoms. The largest absolute Gasteiger partial charge is 0.453 e. The molecule has 2 aromatic heterocycles. The van der Waals surface area contributed by atoms with Crippen LogP contribution in [0.3, 0.4) is 0 Å². The summed E-state index contributed by atoms with van der Waals surface area (Å²) < 4.78 is 7.78. The van der Waals surface area contributed by atoms with E-state index in [-0.39, 0.29) is 11.7 Å². The van der Waals surface area contributed by atoms with Crippen molar-refractivity contribution >= 4 is 57.5 Å². The number of hydrogen-bond acceptors (Lipinski definition) is 5. The molecule has 9 heteroatoms. The summed E-state index contributed by atoms with van der Waals surface area (Å²) in [4.78, 5) is 12.4. The molecule has 0 fully saturated rings. The van der Waals surface area contributed by atoms with E-state index in [0.717, 1.165) is 16.6 Å². The molecule has 0 radical (unpaired) electrons. The summed E-state index contributed by atoms with van der Waals surface area (Å²) in [5, 5.41) is 14.2. The molecule has 0 saturated carbocycles. The summed E-state index contributed by atoms with van der Waals surface area (Å²) in [6.45, 7) is 6.17. The van der Waals surface area contributed by atoms with Crippen LogP contribution >= 0.6 is 35.0 Å². The van der Waals surface area contributed by atoms with Crippen LogP contribution in [0.25, 0.3) is 22.6 Å². The van der Waals surface area contributed by atoms with Crippen LogP contribution in [0.15, 0.2) is 64.7 Å². The van der Waals surface area contributed by atoms with Gasteiger partial charge in [0, 0.05) is 27.7 Å². The van der Waals surface area contributed by atoms with Crippen LogP contribution in [-0.2, 0) is 11.3 Å². The summed E-state index contributed by atoms with van der Waals surface area (Å²) >= 11 is 13.3. The van der Waals surface area contributed by atoms with E-state index in [2.05, 4.69) is 22.1 Å². The maximum Gasteiger partial charge on any atom is 0.234 e. The van der Waals surface area contributed by atoms with E-state index < -0.39 is 0 Å². The van der Waals surface area contributed by atoms with Crippen LogP contribution in [0.4, 0.5) is 5.69 Å². The zero-order valence-electron chi connectivity index (χ0n) is 16.6. The van der Waals surface area contributed by atoms with Gasteiger partial charge in [0.05, 0.1) is 5.75 Å². The second kappa shape index (κ2) is 9.18. The van der Waals surface area contributed by atoms with E-state index in [9.17, 15) is 4.79 Å². The molecule has 1 amide bonds. The van der Waals surface area contributed by atoms with Crippen molar-refractivity contribution in [1.29, 1.82) is 0 Å². The highest BCUT2D eigenvalue weighted by atomic mass is 35.5. The number of benzene rings is 2. The molecule has 2 heterocycles. The summed E-state index contributed by atoms with van der Waals surface area (Å²) in [6, 6.07) is 12.6. The van der Waals surface area contributed by atoms with Crippen molar-refractivity contribution in [1.82, 2.24) is 14.8 Å². The van der Waals surface area contributed by atoms with Gasteiger partial charge in [0.2, 0.25) is 11.7 Å². The first-order chi connectivity index (χ1) is 14.9. The standard InChI is InChI=1S/C22H18Cl2N4O2S/c1-3-8-28-21(19-11-14-10-16(24)5-7-18(14)30-19)26-27-22(28)31-12-20(29)25-17-6-4-15(23)9-13(17)2/h3-7,9-11H,1,8,12H2,2H3,(H,25,29). The van der Waals surface area contributed by atoms with E-state index in [4.69, 9.17) is 27.6 Å². The highest BCUT2D eigenvalue weighted by molar-refractivity contribution is 7.99. The van der Waals surface area contributed by atoms with E-state index in [0.29, 0.717) is 38.9 Å². The lowest BCUT2D eigenvalue weighted by molar-refractivity contribution is -0.113. The van der Waals surface area contributed by atoms with Gasteiger partial charge in [-0.05, 0) is 55.0 Å². The average molecular weight is 473 g/mol. The Morgan fingerprint density at radius 2 is 1.97 bits per heavy atom. The van der Waals surface area contributed by atoms with Crippen LogP contribution in [0.2, 0.25) is 10.0 Å². The lowest BCUT2D eigenvalue weighted by Crippen LogP contribution is -2.15. The minimum Gasteiger partial charge on any atom is -0.453 e. The van der Waals surface area contributed by atoms with Crippen LogP contribution in [0.5, 0.6) is 0 Å². The van der Waals surface area contributed by atoms with Crippen LogP contribution in [0, 0.1) is 6.92 Å². The van der Waals surface area contributed by atoms with Crippen molar-refractivity contribution in [2.75, 3.05) is 11.1 Å². The first kappa shape index (κ1) is 21.5. The Bertz CT molecular complexity index is 1280. The van der Waals surface area contributed by atoms with E-state index in [1.807, 2.05) is 29.7 Å². The quantitative estimate of drug-likeness (QED) is 0.255. The monoisotopic (exact) mass is 472 g/mol. The fourth-order valence-electron chi connectivity index (χ4n) is 3.08. The molecule has 0 unspecified atom stereocenters. The number of fused-ring (bicyclic) bond motifs is 1. The van der Waals surface area contributed by atoms with Gasteiger partial charge in [0.15, 0.2) is 10.9 Å². The van der Waals surface area contributed by atoms with E-state index >= 15 is 0 Å². The number of rotatable bonds is 7. The molecule has 6 nitrogen and oxygen atoms in total. The zero-order valence-corrected chi connectivity index (χ0v) is 18.9. The lowest BCUT2D eigenvalue weighted by atomic mass is 10.2. The number of carbonyl (C=O) groups is 1. The Morgan fingerprint density at radius 3 is 2.74 bits per heavy atom. The molecule has 0 aliphatic heterocycles. The average Bonchev–Trinajstić information content (AvgIpc) is 3.32. The fourth-order valence-corrected chi connectivity index (χ4v) is 4.23. The number of halogens is 2. The van der Waals surface area contributed by atoms with Gasteiger partial charge in [0.1, 0.15) is 5.58 Å². The van der Waals surface area contributed by atoms with Gasteiger partial charge in [0.25, 0.3) is 0 Å². The summed E-state index contributed by atoms with van der Waals surface area (Å²) in [5.74, 6) is 1.15. The topological polar surface area (TPSA) is 73.0 Å². The second-order valence-corrected chi connectivity index (χ2v) is 8.61. The number of hydrogen-bond donors (Lipinski definition) is 1. The second-order valence-electron chi connectivity index (χ2n) is 6.79. The molecule has 158 valence electrons. The fraction of sp³-hybridized carbons (Fsp3) is 0.136. The predicted molar refractivity (Wildman–Crippen MR) is 126 cm³/mol. The Kier molecular flexibility index (Phi) is 6.36.